The Labute approximate surface area is 180 Å². The van der Waals surface area contributed by atoms with Gasteiger partial charge in [0.25, 0.3) is 0 Å². The molecule has 0 saturated carbocycles. The van der Waals surface area contributed by atoms with Gasteiger partial charge in [0.1, 0.15) is 11.2 Å². The van der Waals surface area contributed by atoms with Crippen LogP contribution in [0.25, 0.3) is 44.3 Å². The maximum atomic E-state index is 8.61. The number of pyridine rings is 1. The van der Waals surface area contributed by atoms with Gasteiger partial charge in [0.15, 0.2) is 0 Å². The van der Waals surface area contributed by atoms with Crippen molar-refractivity contribution in [1.82, 2.24) is 4.98 Å². The Bertz CT molecular complexity index is 1430. The van der Waals surface area contributed by atoms with Crippen molar-refractivity contribution in [3.63, 3.8) is 0 Å². The van der Waals surface area contributed by atoms with Crippen molar-refractivity contribution in [2.75, 3.05) is 0 Å². The molecule has 2 nitrogen and oxygen atoms in total. The lowest BCUT2D eigenvalue weighted by atomic mass is 9.88. The molecule has 3 aromatic carbocycles. The number of hydrogen-bond acceptors (Lipinski definition) is 2. The average molecular weight is 394 g/mol. The minimum atomic E-state index is -1.47. The molecule has 0 aliphatic heterocycles. The van der Waals surface area contributed by atoms with Crippen LogP contribution in [0.1, 0.15) is 29.1 Å². The van der Waals surface area contributed by atoms with Gasteiger partial charge in [-0.25, -0.2) is 0 Å². The van der Waals surface area contributed by atoms with Crippen molar-refractivity contribution in [3.8, 4) is 22.4 Å². The first-order valence-electron chi connectivity index (χ1n) is 11.2. The van der Waals surface area contributed by atoms with Crippen LogP contribution in [0.5, 0.6) is 0 Å². The summed E-state index contributed by atoms with van der Waals surface area (Å²) in [6.45, 7) is 5.75. The lowest BCUT2D eigenvalue weighted by Crippen LogP contribution is -2.09. The average Bonchev–Trinajstić information content (AvgIpc) is 3.16. The van der Waals surface area contributed by atoms with Crippen LogP contribution in [0.3, 0.4) is 0 Å². The first-order chi connectivity index (χ1) is 15.2. The Morgan fingerprint density at radius 3 is 2.37 bits per heavy atom. The molecule has 0 radical (unpaired) electrons. The number of furan rings is 1. The van der Waals surface area contributed by atoms with E-state index in [4.69, 9.17) is 7.16 Å². The van der Waals surface area contributed by atoms with Crippen molar-refractivity contribution in [2.45, 2.75) is 27.1 Å². The molecule has 0 amide bonds. The number of fused-ring (bicyclic) bond motifs is 3. The molecule has 0 N–H and O–H groups in total. The molecule has 0 unspecified atom stereocenters. The number of aromatic nitrogens is 1. The van der Waals surface area contributed by atoms with Crippen LogP contribution in [0.2, 0.25) is 0 Å². The smallest absolute Gasteiger partial charge is 0.136 e. The van der Waals surface area contributed by atoms with E-state index in [1.807, 2.05) is 57.2 Å². The maximum absolute atomic E-state index is 8.61. The fourth-order valence-corrected chi connectivity index (χ4v) is 3.85. The zero-order valence-corrected chi connectivity index (χ0v) is 17.4. The molecule has 0 spiro atoms. The molecule has 148 valence electrons. The van der Waals surface area contributed by atoms with Gasteiger partial charge in [-0.05, 0) is 70.9 Å². The molecule has 2 heterocycles. The van der Waals surface area contributed by atoms with Crippen molar-refractivity contribution >= 4 is 21.9 Å². The highest BCUT2D eigenvalue weighted by atomic mass is 16.3. The number of hydrogen-bond donors (Lipinski definition) is 0. The quantitative estimate of drug-likeness (QED) is 0.311. The molecule has 5 rings (SSSR count). The van der Waals surface area contributed by atoms with Crippen LogP contribution in [0, 0.1) is 5.41 Å². The highest BCUT2D eigenvalue weighted by molar-refractivity contribution is 6.07. The van der Waals surface area contributed by atoms with Gasteiger partial charge in [0.2, 0.25) is 0 Å². The van der Waals surface area contributed by atoms with Gasteiger partial charge in [0.05, 0.1) is 5.69 Å². The summed E-state index contributed by atoms with van der Waals surface area (Å²) < 4.78 is 23.4. The summed E-state index contributed by atoms with van der Waals surface area (Å²) in [5.41, 5.74) is 5.78. The lowest BCUT2D eigenvalue weighted by Gasteiger charge is -2.18. The van der Waals surface area contributed by atoms with Crippen molar-refractivity contribution < 1.29 is 7.16 Å². The highest BCUT2D eigenvalue weighted by Gasteiger charge is 2.13. The zero-order chi connectivity index (χ0) is 22.5. The Balaban J connectivity index is 1.59. The molecule has 0 aliphatic rings. The minimum absolute atomic E-state index is 0.521. The van der Waals surface area contributed by atoms with Gasteiger partial charge in [0, 0.05) is 25.3 Å². The van der Waals surface area contributed by atoms with E-state index in [1.54, 1.807) is 12.3 Å². The van der Waals surface area contributed by atoms with Crippen LogP contribution < -0.4 is 0 Å². The first-order valence-corrected chi connectivity index (χ1v) is 10.2. The Hall–Kier alpha value is -3.39. The van der Waals surface area contributed by atoms with Crippen LogP contribution in [0.4, 0.5) is 0 Å². The van der Waals surface area contributed by atoms with E-state index in [0.29, 0.717) is 5.56 Å². The molecule has 2 aromatic heterocycles. The van der Waals surface area contributed by atoms with Crippen molar-refractivity contribution in [1.29, 1.82) is 0 Å². The predicted octanol–water partition coefficient (Wildman–Crippen LogP) is 7.90. The summed E-state index contributed by atoms with van der Waals surface area (Å²) in [4.78, 5) is 4.53. The van der Waals surface area contributed by atoms with Gasteiger partial charge in [-0.3, -0.25) is 4.98 Å². The summed E-state index contributed by atoms with van der Waals surface area (Å²) in [5, 5.41) is 2.09. The van der Waals surface area contributed by atoms with Crippen molar-refractivity contribution in [2.24, 2.45) is 5.41 Å². The van der Waals surface area contributed by atoms with Gasteiger partial charge >= 0.3 is 0 Å². The Morgan fingerprint density at radius 1 is 0.767 bits per heavy atom. The topological polar surface area (TPSA) is 26.0 Å². The van der Waals surface area contributed by atoms with Gasteiger partial charge in [-0.15, -0.1) is 0 Å². The van der Waals surface area contributed by atoms with Crippen LogP contribution in [0.15, 0.2) is 89.5 Å². The third-order valence-corrected chi connectivity index (χ3v) is 5.15. The molecule has 0 fully saturated rings. The number of rotatable bonds is 3. The zero-order valence-electron chi connectivity index (χ0n) is 19.4. The minimum Gasteiger partial charge on any atom is -0.456 e. The maximum Gasteiger partial charge on any atom is 0.136 e. The summed E-state index contributed by atoms with van der Waals surface area (Å²) >= 11 is 0. The second kappa shape index (κ2) is 7.14. The lowest BCUT2D eigenvalue weighted by molar-refractivity contribution is 0.411. The van der Waals surface area contributed by atoms with E-state index in [2.05, 4.69) is 41.4 Å². The highest BCUT2D eigenvalue weighted by Crippen LogP contribution is 2.34. The predicted molar refractivity (Wildman–Crippen MR) is 126 cm³/mol. The van der Waals surface area contributed by atoms with Crippen molar-refractivity contribution in [3.05, 3.63) is 90.6 Å². The third kappa shape index (κ3) is 3.61. The van der Waals surface area contributed by atoms with Gasteiger partial charge < -0.3 is 4.42 Å². The van der Waals surface area contributed by atoms with E-state index in [0.717, 1.165) is 44.3 Å². The molecular formula is C28H25NO. The Kier molecular flexibility index (Phi) is 3.91. The molecule has 0 bridgehead atoms. The fourth-order valence-electron chi connectivity index (χ4n) is 3.85. The first kappa shape index (κ1) is 16.4. The van der Waals surface area contributed by atoms with Gasteiger partial charge in [-0.2, -0.15) is 0 Å². The molecular weight excluding hydrogens is 366 g/mol. The van der Waals surface area contributed by atoms with Gasteiger partial charge in [-0.1, -0.05) is 57.2 Å². The van der Waals surface area contributed by atoms with E-state index in [9.17, 15) is 0 Å². The van der Waals surface area contributed by atoms with E-state index in [-0.39, 0.29) is 0 Å². The number of nitrogens with zero attached hydrogens (tertiary/aromatic N) is 1. The summed E-state index contributed by atoms with van der Waals surface area (Å²) in [6.07, 6.45) is 0.225. The van der Waals surface area contributed by atoms with E-state index in [1.165, 1.54) is 0 Å². The van der Waals surface area contributed by atoms with Crippen LogP contribution in [-0.4, -0.2) is 4.98 Å². The SMILES string of the molecule is [2H]C([2H])(c1ccnc(-c2ccc3oc4cc(-c5ccccc5)ccc4c3c2)c1)C(C)(C)C. The summed E-state index contributed by atoms with van der Waals surface area (Å²) in [7, 11) is 0. The fraction of sp³-hybridized carbons (Fsp3) is 0.179. The number of benzene rings is 3. The van der Waals surface area contributed by atoms with E-state index < -0.39 is 11.8 Å². The second-order valence-electron chi connectivity index (χ2n) is 8.69. The molecule has 0 saturated heterocycles. The monoisotopic (exact) mass is 393 g/mol. The summed E-state index contributed by atoms with van der Waals surface area (Å²) in [6, 6.07) is 26.3. The molecule has 5 aromatic rings. The summed E-state index contributed by atoms with van der Waals surface area (Å²) in [5.74, 6) is 0. The van der Waals surface area contributed by atoms with E-state index >= 15 is 0 Å². The largest absolute Gasteiger partial charge is 0.456 e. The van der Waals surface area contributed by atoms with Crippen LogP contribution >= 0.6 is 0 Å². The molecule has 2 heteroatoms. The third-order valence-electron chi connectivity index (χ3n) is 5.15. The molecule has 30 heavy (non-hydrogen) atoms. The normalized spacial score (nSPS) is 13.4. The molecule has 0 atom stereocenters. The Morgan fingerprint density at radius 2 is 1.57 bits per heavy atom. The second-order valence-corrected chi connectivity index (χ2v) is 8.69. The molecule has 0 aliphatic carbocycles. The van der Waals surface area contributed by atoms with Crippen LogP contribution in [-0.2, 0) is 6.37 Å². The standard InChI is InChI=1S/C28H25NO/c1-28(2,3)18-19-13-14-29-25(15-19)22-10-12-26-24(16-22)23-11-9-21(17-27(23)30-26)20-7-5-4-6-8-20/h4-17H,18H2,1-3H3/i18D2.